The summed E-state index contributed by atoms with van der Waals surface area (Å²) in [5.41, 5.74) is 1.08. The van der Waals surface area contributed by atoms with E-state index < -0.39 is 5.97 Å². The molecule has 0 radical (unpaired) electrons. The lowest BCUT2D eigenvalue weighted by molar-refractivity contribution is -0.376. The summed E-state index contributed by atoms with van der Waals surface area (Å²) >= 11 is 0. The first-order valence-corrected chi connectivity index (χ1v) is 6.74. The molecule has 0 bridgehead atoms. The van der Waals surface area contributed by atoms with E-state index in [-0.39, 0.29) is 0 Å². The van der Waals surface area contributed by atoms with Crippen molar-refractivity contribution >= 4 is 0 Å². The number of methoxy groups -OCH3 is 1. The average Bonchev–Trinajstić information content (AvgIpc) is 2.40. The molecule has 0 fully saturated rings. The molecular formula is C15H24O4. The van der Waals surface area contributed by atoms with Gasteiger partial charge in [-0.1, -0.05) is 12.1 Å². The van der Waals surface area contributed by atoms with Crippen LogP contribution in [0.3, 0.4) is 0 Å². The minimum absolute atomic E-state index is 0.538. The van der Waals surface area contributed by atoms with Gasteiger partial charge in [-0.05, 0) is 38.5 Å². The smallest absolute Gasteiger partial charge is 0.287 e. The molecule has 0 saturated heterocycles. The molecule has 0 amide bonds. The van der Waals surface area contributed by atoms with Crippen LogP contribution in [-0.2, 0) is 20.6 Å². The van der Waals surface area contributed by atoms with Crippen LogP contribution in [0.1, 0.15) is 26.3 Å². The lowest BCUT2D eigenvalue weighted by atomic mass is 10.1. The first kappa shape index (κ1) is 16.0. The zero-order valence-electron chi connectivity index (χ0n) is 12.3. The van der Waals surface area contributed by atoms with Crippen LogP contribution in [0.25, 0.3) is 0 Å². The number of rotatable bonds is 9. The largest absolute Gasteiger partial charge is 0.497 e. The average molecular weight is 268 g/mol. The summed E-state index contributed by atoms with van der Waals surface area (Å²) < 4.78 is 22.2. The SMILES string of the molecule is CCOC(Cc1ccc(OC)cc1)(OCC)OCC. The first-order chi connectivity index (χ1) is 9.19. The summed E-state index contributed by atoms with van der Waals surface area (Å²) in [6.45, 7) is 7.41. The van der Waals surface area contributed by atoms with E-state index in [1.165, 1.54) is 0 Å². The summed E-state index contributed by atoms with van der Waals surface area (Å²) in [6.07, 6.45) is 0.548. The molecule has 1 aromatic carbocycles. The second kappa shape index (κ2) is 8.15. The van der Waals surface area contributed by atoms with Crippen molar-refractivity contribution < 1.29 is 18.9 Å². The van der Waals surface area contributed by atoms with Crippen LogP contribution >= 0.6 is 0 Å². The van der Waals surface area contributed by atoms with Crippen molar-refractivity contribution in [2.45, 2.75) is 33.2 Å². The molecule has 0 aliphatic carbocycles. The van der Waals surface area contributed by atoms with Gasteiger partial charge >= 0.3 is 0 Å². The topological polar surface area (TPSA) is 36.9 Å². The highest BCUT2D eigenvalue weighted by atomic mass is 16.9. The Hall–Kier alpha value is -1.10. The van der Waals surface area contributed by atoms with Gasteiger partial charge in [-0.25, -0.2) is 0 Å². The highest BCUT2D eigenvalue weighted by Gasteiger charge is 2.32. The molecule has 4 nitrogen and oxygen atoms in total. The summed E-state index contributed by atoms with van der Waals surface area (Å²) in [6, 6.07) is 7.82. The van der Waals surface area contributed by atoms with Crippen LogP contribution in [0.5, 0.6) is 5.75 Å². The Morgan fingerprint density at radius 1 is 0.842 bits per heavy atom. The third-order valence-corrected chi connectivity index (χ3v) is 2.67. The van der Waals surface area contributed by atoms with Crippen LogP contribution in [-0.4, -0.2) is 32.9 Å². The molecule has 0 aliphatic rings. The summed E-state index contributed by atoms with van der Waals surface area (Å²) in [7, 11) is 1.65. The number of hydrogen-bond acceptors (Lipinski definition) is 4. The van der Waals surface area contributed by atoms with Crippen LogP contribution in [0.4, 0.5) is 0 Å². The lowest BCUT2D eigenvalue weighted by Crippen LogP contribution is -2.41. The van der Waals surface area contributed by atoms with Gasteiger partial charge in [-0.2, -0.15) is 0 Å². The Labute approximate surface area is 115 Å². The van der Waals surface area contributed by atoms with E-state index in [1.807, 2.05) is 45.0 Å². The minimum atomic E-state index is -0.993. The second-order valence-electron chi connectivity index (χ2n) is 4.01. The zero-order valence-corrected chi connectivity index (χ0v) is 12.3. The van der Waals surface area contributed by atoms with Crippen molar-refractivity contribution in [3.05, 3.63) is 29.8 Å². The van der Waals surface area contributed by atoms with E-state index in [0.717, 1.165) is 11.3 Å². The fourth-order valence-electron chi connectivity index (χ4n) is 1.93. The summed E-state index contributed by atoms with van der Waals surface area (Å²) in [4.78, 5) is 0. The van der Waals surface area contributed by atoms with Crippen molar-refractivity contribution in [1.82, 2.24) is 0 Å². The van der Waals surface area contributed by atoms with Crippen LogP contribution in [0.15, 0.2) is 24.3 Å². The molecule has 1 aromatic rings. The Balaban J connectivity index is 2.84. The highest BCUT2D eigenvalue weighted by molar-refractivity contribution is 5.27. The quantitative estimate of drug-likeness (QED) is 0.645. The molecule has 108 valence electrons. The molecule has 0 heterocycles. The van der Waals surface area contributed by atoms with E-state index in [2.05, 4.69) is 0 Å². The number of benzene rings is 1. The molecule has 19 heavy (non-hydrogen) atoms. The predicted octanol–water partition coefficient (Wildman–Crippen LogP) is 3.00. The zero-order chi connectivity index (χ0) is 14.1. The Kier molecular flexibility index (Phi) is 6.84. The van der Waals surface area contributed by atoms with E-state index in [0.29, 0.717) is 26.2 Å². The maximum atomic E-state index is 5.70. The molecule has 0 saturated carbocycles. The highest BCUT2D eigenvalue weighted by Crippen LogP contribution is 2.23. The van der Waals surface area contributed by atoms with Crippen molar-refractivity contribution in [3.63, 3.8) is 0 Å². The summed E-state index contributed by atoms with van der Waals surface area (Å²) in [5, 5.41) is 0. The normalized spacial score (nSPS) is 11.6. The van der Waals surface area contributed by atoms with Crippen molar-refractivity contribution in [1.29, 1.82) is 0 Å². The molecule has 0 aromatic heterocycles. The molecule has 4 heteroatoms. The third kappa shape index (κ3) is 4.82. The van der Waals surface area contributed by atoms with Gasteiger partial charge in [-0.15, -0.1) is 0 Å². The Morgan fingerprint density at radius 3 is 1.68 bits per heavy atom. The lowest BCUT2D eigenvalue weighted by Gasteiger charge is -2.32. The number of ether oxygens (including phenoxy) is 4. The molecule has 0 atom stereocenters. The van der Waals surface area contributed by atoms with Gasteiger partial charge in [0, 0.05) is 19.8 Å². The molecule has 1 rings (SSSR count). The van der Waals surface area contributed by atoms with Gasteiger partial charge < -0.3 is 18.9 Å². The monoisotopic (exact) mass is 268 g/mol. The Morgan fingerprint density at radius 2 is 1.32 bits per heavy atom. The van der Waals surface area contributed by atoms with Crippen LogP contribution in [0.2, 0.25) is 0 Å². The van der Waals surface area contributed by atoms with Crippen LogP contribution in [0, 0.1) is 0 Å². The molecule has 0 N–H and O–H groups in total. The van der Waals surface area contributed by atoms with Gasteiger partial charge in [0.05, 0.1) is 13.5 Å². The van der Waals surface area contributed by atoms with Gasteiger partial charge in [0.1, 0.15) is 5.75 Å². The van der Waals surface area contributed by atoms with E-state index in [9.17, 15) is 0 Å². The summed E-state index contributed by atoms with van der Waals surface area (Å²) in [5.74, 6) is -0.161. The molecule has 0 spiro atoms. The third-order valence-electron chi connectivity index (χ3n) is 2.67. The van der Waals surface area contributed by atoms with Gasteiger partial charge in [-0.3, -0.25) is 0 Å². The molecule has 0 aliphatic heterocycles. The molecule has 0 unspecified atom stereocenters. The van der Waals surface area contributed by atoms with E-state index in [1.54, 1.807) is 7.11 Å². The van der Waals surface area contributed by atoms with E-state index >= 15 is 0 Å². The van der Waals surface area contributed by atoms with Crippen molar-refractivity contribution in [3.8, 4) is 5.75 Å². The van der Waals surface area contributed by atoms with Crippen molar-refractivity contribution in [2.24, 2.45) is 0 Å². The fourth-order valence-corrected chi connectivity index (χ4v) is 1.93. The maximum Gasteiger partial charge on any atom is 0.287 e. The van der Waals surface area contributed by atoms with Gasteiger partial charge in [0.15, 0.2) is 0 Å². The fraction of sp³-hybridized carbons (Fsp3) is 0.600. The Bertz CT molecular complexity index is 331. The first-order valence-electron chi connectivity index (χ1n) is 6.74. The number of hydrogen-bond donors (Lipinski definition) is 0. The van der Waals surface area contributed by atoms with E-state index in [4.69, 9.17) is 18.9 Å². The molecular weight excluding hydrogens is 244 g/mol. The minimum Gasteiger partial charge on any atom is -0.497 e. The van der Waals surface area contributed by atoms with Crippen molar-refractivity contribution in [2.75, 3.05) is 26.9 Å². The second-order valence-corrected chi connectivity index (χ2v) is 4.01. The maximum absolute atomic E-state index is 5.70. The van der Waals surface area contributed by atoms with Crippen LogP contribution < -0.4 is 4.74 Å². The van der Waals surface area contributed by atoms with Gasteiger partial charge in [0.2, 0.25) is 0 Å². The standard InChI is InChI=1S/C15H24O4/c1-5-17-15(18-6-2,19-7-3)12-13-8-10-14(16-4)11-9-13/h8-11H,5-7,12H2,1-4H3. The predicted molar refractivity (Wildman–Crippen MR) is 74.3 cm³/mol. The van der Waals surface area contributed by atoms with Gasteiger partial charge in [0.25, 0.3) is 5.97 Å².